The van der Waals surface area contributed by atoms with Gasteiger partial charge < -0.3 is 4.74 Å². The van der Waals surface area contributed by atoms with Gasteiger partial charge in [0.25, 0.3) is 0 Å². The lowest BCUT2D eigenvalue weighted by atomic mass is 9.85. The first kappa shape index (κ1) is 21.3. The van der Waals surface area contributed by atoms with Crippen molar-refractivity contribution in [3.63, 3.8) is 0 Å². The minimum atomic E-state index is -1.03. The lowest BCUT2D eigenvalue weighted by Gasteiger charge is -2.33. The summed E-state index contributed by atoms with van der Waals surface area (Å²) >= 11 is 0. The summed E-state index contributed by atoms with van der Waals surface area (Å²) in [7, 11) is 0. The van der Waals surface area contributed by atoms with E-state index in [1.165, 1.54) is 5.56 Å². The number of esters is 2. The standard InChI is InChI=1S/C22H31NO4/c1-4-22(2,3)19(24)21(26)27-20(25)18-14-8-9-15-23(18)16-10-13-17-11-6-5-7-12-17/h5-7,11-12,18H,4,8-10,13-16H2,1-3H3. The summed E-state index contributed by atoms with van der Waals surface area (Å²) in [6, 6.07) is 9.81. The average molecular weight is 373 g/mol. The molecule has 5 nitrogen and oxygen atoms in total. The van der Waals surface area contributed by atoms with E-state index in [9.17, 15) is 14.4 Å². The predicted octanol–water partition coefficient (Wildman–Crippen LogP) is 3.55. The first-order chi connectivity index (χ1) is 12.8. The quantitative estimate of drug-likeness (QED) is 0.396. The van der Waals surface area contributed by atoms with Gasteiger partial charge in [0.15, 0.2) is 0 Å². The first-order valence-corrected chi connectivity index (χ1v) is 9.93. The number of aryl methyl sites for hydroxylation is 1. The molecule has 1 heterocycles. The fourth-order valence-corrected chi connectivity index (χ4v) is 3.30. The zero-order chi connectivity index (χ0) is 19.9. The van der Waals surface area contributed by atoms with E-state index in [-0.39, 0.29) is 0 Å². The van der Waals surface area contributed by atoms with Crippen molar-refractivity contribution in [1.29, 1.82) is 0 Å². The molecule has 0 aromatic heterocycles. The zero-order valence-corrected chi connectivity index (χ0v) is 16.7. The molecule has 1 fully saturated rings. The van der Waals surface area contributed by atoms with Gasteiger partial charge in [0.1, 0.15) is 6.04 Å². The van der Waals surface area contributed by atoms with Crippen LogP contribution >= 0.6 is 0 Å². The molecule has 0 N–H and O–H groups in total. The number of Topliss-reactive ketones (excluding diaryl/α,β-unsaturated/α-hetero) is 1. The molecule has 2 rings (SSSR count). The molecule has 1 unspecified atom stereocenters. The molecule has 27 heavy (non-hydrogen) atoms. The van der Waals surface area contributed by atoms with Gasteiger partial charge in [0, 0.05) is 5.41 Å². The number of hydrogen-bond acceptors (Lipinski definition) is 5. The molecule has 0 radical (unpaired) electrons. The van der Waals surface area contributed by atoms with Gasteiger partial charge in [-0.2, -0.15) is 0 Å². The number of carbonyl (C=O) groups excluding carboxylic acids is 3. The molecule has 1 aromatic carbocycles. The molecule has 1 saturated heterocycles. The third kappa shape index (κ3) is 5.99. The van der Waals surface area contributed by atoms with Crippen molar-refractivity contribution >= 4 is 17.7 Å². The Balaban J connectivity index is 1.90. The topological polar surface area (TPSA) is 63.7 Å². The summed E-state index contributed by atoms with van der Waals surface area (Å²) in [5, 5.41) is 0. The Hall–Kier alpha value is -2.01. The lowest BCUT2D eigenvalue weighted by molar-refractivity contribution is -0.170. The van der Waals surface area contributed by atoms with E-state index < -0.39 is 29.2 Å². The van der Waals surface area contributed by atoms with Gasteiger partial charge in [-0.25, -0.2) is 9.59 Å². The van der Waals surface area contributed by atoms with Crippen LogP contribution in [0.1, 0.15) is 58.4 Å². The predicted molar refractivity (Wildman–Crippen MR) is 104 cm³/mol. The summed E-state index contributed by atoms with van der Waals surface area (Å²) in [6.07, 6.45) is 5.03. The molecule has 1 aliphatic rings. The third-order valence-electron chi connectivity index (χ3n) is 5.52. The molecular formula is C22H31NO4. The summed E-state index contributed by atoms with van der Waals surface area (Å²) in [5.41, 5.74) is 0.468. The minimum Gasteiger partial charge on any atom is -0.386 e. The smallest absolute Gasteiger partial charge is 0.382 e. The van der Waals surface area contributed by atoms with Gasteiger partial charge in [0.2, 0.25) is 5.78 Å². The minimum absolute atomic E-state index is 0.434. The second-order valence-electron chi connectivity index (χ2n) is 7.91. The molecule has 0 saturated carbocycles. The Kier molecular flexibility index (Phi) is 7.72. The van der Waals surface area contributed by atoms with E-state index in [4.69, 9.17) is 4.74 Å². The van der Waals surface area contributed by atoms with Crippen molar-refractivity contribution in [1.82, 2.24) is 4.90 Å². The fraction of sp³-hybridized carbons (Fsp3) is 0.591. The van der Waals surface area contributed by atoms with Gasteiger partial charge in [-0.3, -0.25) is 9.69 Å². The molecule has 1 aliphatic heterocycles. The van der Waals surface area contributed by atoms with Gasteiger partial charge in [0.05, 0.1) is 0 Å². The Morgan fingerprint density at radius 1 is 1.15 bits per heavy atom. The second kappa shape index (κ2) is 9.79. The van der Waals surface area contributed by atoms with Crippen LogP contribution < -0.4 is 0 Å². The second-order valence-corrected chi connectivity index (χ2v) is 7.91. The molecule has 5 heteroatoms. The van der Waals surface area contributed by atoms with Crippen LogP contribution in [0.25, 0.3) is 0 Å². The molecule has 148 valence electrons. The summed E-state index contributed by atoms with van der Waals surface area (Å²) < 4.78 is 4.97. The summed E-state index contributed by atoms with van der Waals surface area (Å²) in [6.45, 7) is 6.81. The number of likely N-dealkylation sites (tertiary alicyclic amines) is 1. The highest BCUT2D eigenvalue weighted by Crippen LogP contribution is 2.23. The highest BCUT2D eigenvalue weighted by atomic mass is 16.6. The molecule has 0 spiro atoms. The van der Waals surface area contributed by atoms with Crippen LogP contribution in [0.3, 0.4) is 0 Å². The van der Waals surface area contributed by atoms with E-state index in [1.807, 2.05) is 25.1 Å². The van der Waals surface area contributed by atoms with E-state index in [2.05, 4.69) is 17.0 Å². The van der Waals surface area contributed by atoms with E-state index in [0.717, 1.165) is 38.8 Å². The van der Waals surface area contributed by atoms with Crippen LogP contribution in [0.2, 0.25) is 0 Å². The average Bonchev–Trinajstić information content (AvgIpc) is 2.68. The fourth-order valence-electron chi connectivity index (χ4n) is 3.30. The van der Waals surface area contributed by atoms with E-state index in [1.54, 1.807) is 13.8 Å². The maximum atomic E-state index is 12.5. The molecule has 0 bridgehead atoms. The molecule has 1 aromatic rings. The van der Waals surface area contributed by atoms with Gasteiger partial charge in [-0.15, -0.1) is 0 Å². The van der Waals surface area contributed by atoms with Gasteiger partial charge >= 0.3 is 11.9 Å². The van der Waals surface area contributed by atoms with Crippen LogP contribution in [0, 0.1) is 5.41 Å². The van der Waals surface area contributed by atoms with Crippen molar-refractivity contribution in [3.05, 3.63) is 35.9 Å². The van der Waals surface area contributed by atoms with E-state index >= 15 is 0 Å². The van der Waals surface area contributed by atoms with Crippen LogP contribution in [0.15, 0.2) is 30.3 Å². The number of ether oxygens (including phenoxy) is 1. The van der Waals surface area contributed by atoms with Crippen molar-refractivity contribution in [2.75, 3.05) is 13.1 Å². The number of piperidine rings is 1. The molecule has 0 amide bonds. The Labute approximate surface area is 162 Å². The monoisotopic (exact) mass is 373 g/mol. The summed E-state index contributed by atoms with van der Waals surface area (Å²) in [5.74, 6) is -2.24. The van der Waals surface area contributed by atoms with Crippen LogP contribution in [-0.4, -0.2) is 41.8 Å². The lowest BCUT2D eigenvalue weighted by Crippen LogP contribution is -2.47. The highest BCUT2D eigenvalue weighted by Gasteiger charge is 2.37. The number of hydrogen-bond donors (Lipinski definition) is 0. The zero-order valence-electron chi connectivity index (χ0n) is 16.7. The van der Waals surface area contributed by atoms with Crippen molar-refractivity contribution in [2.24, 2.45) is 5.41 Å². The molecular weight excluding hydrogens is 342 g/mol. The number of benzene rings is 1. The SMILES string of the molecule is CCC(C)(C)C(=O)C(=O)OC(=O)C1CCCCN1CCCc1ccccc1. The normalized spacial score (nSPS) is 18.1. The summed E-state index contributed by atoms with van der Waals surface area (Å²) in [4.78, 5) is 38.9. The van der Waals surface area contributed by atoms with Crippen molar-refractivity contribution < 1.29 is 19.1 Å². The number of ketones is 1. The van der Waals surface area contributed by atoms with Crippen molar-refractivity contribution in [2.45, 2.75) is 65.3 Å². The first-order valence-electron chi connectivity index (χ1n) is 9.93. The maximum Gasteiger partial charge on any atom is 0.382 e. The van der Waals surface area contributed by atoms with Crippen LogP contribution in [-0.2, 0) is 25.5 Å². The maximum absolute atomic E-state index is 12.5. The Morgan fingerprint density at radius 2 is 1.85 bits per heavy atom. The Bertz CT molecular complexity index is 654. The van der Waals surface area contributed by atoms with Crippen LogP contribution in [0.4, 0.5) is 0 Å². The van der Waals surface area contributed by atoms with Gasteiger partial charge in [-0.05, 0) is 50.8 Å². The molecule has 0 aliphatic carbocycles. The number of nitrogens with zero attached hydrogens (tertiary/aromatic N) is 1. The third-order valence-corrected chi connectivity index (χ3v) is 5.52. The molecule has 1 atom stereocenters. The van der Waals surface area contributed by atoms with Crippen LogP contribution in [0.5, 0.6) is 0 Å². The number of rotatable bonds is 8. The van der Waals surface area contributed by atoms with Crippen molar-refractivity contribution in [3.8, 4) is 0 Å². The van der Waals surface area contributed by atoms with Gasteiger partial charge in [-0.1, -0.05) is 57.5 Å². The largest absolute Gasteiger partial charge is 0.386 e. The van der Waals surface area contributed by atoms with E-state index in [0.29, 0.717) is 12.8 Å². The highest BCUT2D eigenvalue weighted by molar-refractivity contribution is 6.37. The Morgan fingerprint density at radius 3 is 2.52 bits per heavy atom. The number of carbonyl (C=O) groups is 3.